The maximum Gasteiger partial charge on any atom is 0.0929 e. The lowest BCUT2D eigenvalue weighted by molar-refractivity contribution is 0.600. The first-order chi connectivity index (χ1) is 5.20. The smallest absolute Gasteiger partial charge is 0.0929 e. The van der Waals surface area contributed by atoms with Gasteiger partial charge in [-0.2, -0.15) is 15.0 Å². The zero-order valence-electron chi connectivity index (χ0n) is 5.34. The van der Waals surface area contributed by atoms with Crippen LogP contribution in [0.4, 0.5) is 0 Å². The molecule has 11 heavy (non-hydrogen) atoms. The highest BCUT2D eigenvalue weighted by Crippen LogP contribution is 2.25. The van der Waals surface area contributed by atoms with Crippen LogP contribution in [-0.4, -0.2) is 15.0 Å². The van der Waals surface area contributed by atoms with Crippen LogP contribution in [0.2, 0.25) is 0 Å². The Balaban J connectivity index is 2.65. The van der Waals surface area contributed by atoms with Crippen molar-refractivity contribution in [1.82, 2.24) is 15.0 Å². The Morgan fingerprint density at radius 3 is 2.18 bits per heavy atom. The quantitative estimate of drug-likeness (QED) is 0.602. The van der Waals surface area contributed by atoms with Crippen LogP contribution < -0.4 is 0 Å². The SMILES string of the molecule is IC(I)=C(I)Cn1nccn1. The minimum Gasteiger partial charge on any atom is -0.180 e. The molecule has 1 aromatic heterocycles. The molecular formula is C5H4I3N3. The van der Waals surface area contributed by atoms with Gasteiger partial charge in [0.05, 0.1) is 20.5 Å². The molecule has 0 amide bonds. The van der Waals surface area contributed by atoms with E-state index in [9.17, 15) is 0 Å². The van der Waals surface area contributed by atoms with Gasteiger partial charge in [0, 0.05) is 3.58 Å². The van der Waals surface area contributed by atoms with Gasteiger partial charge < -0.3 is 0 Å². The summed E-state index contributed by atoms with van der Waals surface area (Å²) in [5.74, 6) is 0. The molecule has 0 N–H and O–H groups in total. The summed E-state index contributed by atoms with van der Waals surface area (Å²) < 4.78 is 2.53. The average Bonchev–Trinajstić information content (AvgIpc) is 2.39. The van der Waals surface area contributed by atoms with E-state index in [1.165, 1.54) is 5.17 Å². The molecule has 0 radical (unpaired) electrons. The van der Waals surface area contributed by atoms with Crippen molar-refractivity contribution in [3.8, 4) is 0 Å². The molecule has 0 saturated carbocycles. The second-order valence-electron chi connectivity index (χ2n) is 1.72. The molecule has 0 aliphatic heterocycles. The predicted molar refractivity (Wildman–Crippen MR) is 69.1 cm³/mol. The third-order valence-electron chi connectivity index (χ3n) is 0.952. The number of aromatic nitrogens is 3. The lowest BCUT2D eigenvalue weighted by Gasteiger charge is -1.97. The summed E-state index contributed by atoms with van der Waals surface area (Å²) >= 11 is 6.86. The van der Waals surface area contributed by atoms with Gasteiger partial charge in [-0.1, -0.05) is 0 Å². The molecule has 3 nitrogen and oxygen atoms in total. The Labute approximate surface area is 105 Å². The van der Waals surface area contributed by atoms with Gasteiger partial charge in [0.2, 0.25) is 0 Å². The molecular weight excluding hydrogens is 483 g/mol. The Morgan fingerprint density at radius 1 is 1.18 bits per heavy atom. The van der Waals surface area contributed by atoms with Crippen LogP contribution in [0.5, 0.6) is 0 Å². The van der Waals surface area contributed by atoms with Crippen molar-refractivity contribution in [2.24, 2.45) is 0 Å². The van der Waals surface area contributed by atoms with Gasteiger partial charge in [-0.3, -0.25) is 0 Å². The Hall–Kier alpha value is 1.07. The first kappa shape index (κ1) is 10.2. The topological polar surface area (TPSA) is 30.7 Å². The third kappa shape index (κ3) is 3.53. The number of nitrogens with zero attached hydrogens (tertiary/aromatic N) is 3. The second-order valence-corrected chi connectivity index (χ2v) is 7.25. The van der Waals surface area contributed by atoms with Crippen LogP contribution in [0.3, 0.4) is 0 Å². The number of hydrogen-bond donors (Lipinski definition) is 0. The monoisotopic (exact) mass is 487 g/mol. The maximum absolute atomic E-state index is 4.00. The van der Waals surface area contributed by atoms with Crippen molar-refractivity contribution in [3.63, 3.8) is 0 Å². The Bertz CT molecular complexity index is 250. The highest BCUT2D eigenvalue weighted by molar-refractivity contribution is 14.2. The summed E-state index contributed by atoms with van der Waals surface area (Å²) in [5.41, 5.74) is 0. The third-order valence-corrected chi connectivity index (χ3v) is 5.20. The normalized spacial score (nSPS) is 9.73. The van der Waals surface area contributed by atoms with Crippen LogP contribution in [-0.2, 0) is 6.54 Å². The minimum absolute atomic E-state index is 0.773. The molecule has 0 bridgehead atoms. The first-order valence-corrected chi connectivity index (χ1v) is 5.97. The zero-order valence-corrected chi connectivity index (χ0v) is 11.8. The van der Waals surface area contributed by atoms with E-state index in [2.05, 4.69) is 78.0 Å². The summed E-state index contributed by atoms with van der Waals surface area (Å²) in [6.45, 7) is 0.773. The highest BCUT2D eigenvalue weighted by atomic mass is 127. The fraction of sp³-hybridized carbons (Fsp3) is 0.200. The van der Waals surface area contributed by atoms with Crippen molar-refractivity contribution in [3.05, 3.63) is 17.6 Å². The van der Waals surface area contributed by atoms with Gasteiger partial charge in [-0.05, 0) is 67.8 Å². The fourth-order valence-electron chi connectivity index (χ4n) is 0.509. The molecule has 60 valence electrons. The summed E-state index contributed by atoms with van der Waals surface area (Å²) in [6.07, 6.45) is 3.37. The largest absolute Gasteiger partial charge is 0.180 e. The van der Waals surface area contributed by atoms with Crippen molar-refractivity contribution < 1.29 is 0 Å². The predicted octanol–water partition coefficient (Wildman–Crippen LogP) is 2.75. The van der Waals surface area contributed by atoms with E-state index < -0.39 is 0 Å². The molecule has 1 heterocycles. The van der Waals surface area contributed by atoms with Gasteiger partial charge in [-0.25, -0.2) is 0 Å². The van der Waals surface area contributed by atoms with E-state index in [0.717, 1.165) is 6.54 Å². The molecule has 0 atom stereocenters. The van der Waals surface area contributed by atoms with Crippen molar-refractivity contribution in [2.75, 3.05) is 0 Å². The lowest BCUT2D eigenvalue weighted by Crippen LogP contribution is -2.01. The van der Waals surface area contributed by atoms with Crippen molar-refractivity contribution in [2.45, 2.75) is 6.54 Å². The van der Waals surface area contributed by atoms with Gasteiger partial charge in [-0.15, -0.1) is 0 Å². The van der Waals surface area contributed by atoms with Crippen LogP contribution in [0.25, 0.3) is 0 Å². The van der Waals surface area contributed by atoms with Crippen molar-refractivity contribution >= 4 is 67.8 Å². The molecule has 1 rings (SSSR count). The molecule has 0 aliphatic rings. The van der Waals surface area contributed by atoms with Crippen LogP contribution >= 0.6 is 67.8 Å². The minimum atomic E-state index is 0.773. The second kappa shape index (κ2) is 4.94. The standard InChI is InChI=1S/C5H4I3N3/c6-4(5(7)8)3-11-9-1-2-10-11/h1-2H,3H2. The molecule has 0 unspecified atom stereocenters. The van der Waals surface area contributed by atoms with Crippen molar-refractivity contribution in [1.29, 1.82) is 0 Å². The van der Waals surface area contributed by atoms with E-state index in [1.807, 2.05) is 0 Å². The fourth-order valence-corrected chi connectivity index (χ4v) is 1.16. The number of halogens is 3. The summed E-state index contributed by atoms with van der Waals surface area (Å²) in [7, 11) is 0. The molecule has 0 saturated heterocycles. The molecule has 0 aromatic carbocycles. The summed E-state index contributed by atoms with van der Waals surface area (Å²) in [6, 6.07) is 0. The highest BCUT2D eigenvalue weighted by Gasteiger charge is 1.98. The van der Waals surface area contributed by atoms with Gasteiger partial charge in [0.15, 0.2) is 0 Å². The van der Waals surface area contributed by atoms with Gasteiger partial charge in [0.25, 0.3) is 0 Å². The molecule has 6 heteroatoms. The van der Waals surface area contributed by atoms with Crippen LogP contribution in [0.15, 0.2) is 17.6 Å². The van der Waals surface area contributed by atoms with Gasteiger partial charge in [0.1, 0.15) is 0 Å². The van der Waals surface area contributed by atoms with E-state index >= 15 is 0 Å². The Kier molecular flexibility index (Phi) is 4.56. The van der Waals surface area contributed by atoms with Gasteiger partial charge >= 0.3 is 0 Å². The molecule has 0 fully saturated rings. The molecule has 1 aromatic rings. The summed E-state index contributed by atoms with van der Waals surface area (Å²) in [4.78, 5) is 1.67. The van der Waals surface area contributed by atoms with E-state index in [0.29, 0.717) is 0 Å². The number of rotatable bonds is 2. The van der Waals surface area contributed by atoms with Crippen LogP contribution in [0.1, 0.15) is 0 Å². The molecule has 0 spiro atoms. The van der Waals surface area contributed by atoms with E-state index in [1.54, 1.807) is 17.2 Å². The lowest BCUT2D eigenvalue weighted by atomic mass is 10.7. The average molecular weight is 487 g/mol. The van der Waals surface area contributed by atoms with E-state index in [4.69, 9.17) is 0 Å². The van der Waals surface area contributed by atoms with Crippen LogP contribution in [0, 0.1) is 0 Å². The number of allylic oxidation sites excluding steroid dienone is 1. The number of hydrogen-bond acceptors (Lipinski definition) is 2. The molecule has 0 aliphatic carbocycles. The Morgan fingerprint density at radius 2 is 1.73 bits per heavy atom. The zero-order chi connectivity index (χ0) is 8.27. The first-order valence-electron chi connectivity index (χ1n) is 2.74. The summed E-state index contributed by atoms with van der Waals surface area (Å²) in [5, 5.41) is 8.00. The maximum atomic E-state index is 4.00. The van der Waals surface area contributed by atoms with E-state index in [-0.39, 0.29) is 0 Å².